The predicted molar refractivity (Wildman–Crippen MR) is 104 cm³/mol. The summed E-state index contributed by atoms with van der Waals surface area (Å²) < 4.78 is 10.9. The lowest BCUT2D eigenvalue weighted by molar-refractivity contribution is 0.282. The number of aliphatic hydroxyl groups excluding tert-OH is 1. The number of aromatic nitrogens is 3. The minimum Gasteiger partial charge on any atom is -0.494 e. The molecule has 27 heavy (non-hydrogen) atoms. The predicted octanol–water partition coefficient (Wildman–Crippen LogP) is 3.80. The van der Waals surface area contributed by atoms with E-state index in [1.54, 1.807) is 0 Å². The summed E-state index contributed by atoms with van der Waals surface area (Å²) in [5.41, 5.74) is 3.49. The van der Waals surface area contributed by atoms with Crippen LogP contribution >= 0.6 is 0 Å². The molecule has 0 unspecified atom stereocenters. The zero-order chi connectivity index (χ0) is 19.2. The van der Waals surface area contributed by atoms with E-state index >= 15 is 0 Å². The molecule has 0 saturated heterocycles. The number of hydrogen-bond acceptors (Lipinski definition) is 6. The van der Waals surface area contributed by atoms with Crippen LogP contribution in [0.5, 0.6) is 11.8 Å². The average Bonchev–Trinajstić information content (AvgIpc) is 2.72. The van der Waals surface area contributed by atoms with Gasteiger partial charge in [0.05, 0.1) is 20.3 Å². The van der Waals surface area contributed by atoms with E-state index in [1.165, 1.54) is 7.11 Å². The van der Waals surface area contributed by atoms with E-state index in [0.717, 1.165) is 34.4 Å². The van der Waals surface area contributed by atoms with E-state index in [4.69, 9.17) is 9.47 Å². The van der Waals surface area contributed by atoms with Gasteiger partial charge in [0.15, 0.2) is 11.6 Å². The van der Waals surface area contributed by atoms with Gasteiger partial charge in [0, 0.05) is 11.1 Å². The van der Waals surface area contributed by atoms with Crippen LogP contribution in [0.15, 0.2) is 42.5 Å². The number of benzene rings is 2. The summed E-state index contributed by atoms with van der Waals surface area (Å²) in [5.74, 6) is 1.84. The van der Waals surface area contributed by atoms with Gasteiger partial charge in [0.2, 0.25) is 0 Å². The van der Waals surface area contributed by atoms with Crippen LogP contribution in [0.25, 0.3) is 22.8 Å². The van der Waals surface area contributed by atoms with Crippen molar-refractivity contribution in [1.29, 1.82) is 0 Å². The first-order chi connectivity index (χ1) is 13.1. The van der Waals surface area contributed by atoms with E-state index in [9.17, 15) is 5.11 Å². The van der Waals surface area contributed by atoms with Crippen LogP contribution in [0.2, 0.25) is 0 Å². The molecule has 140 valence electrons. The lowest BCUT2D eigenvalue weighted by Gasteiger charge is -2.10. The van der Waals surface area contributed by atoms with Crippen molar-refractivity contribution >= 4 is 0 Å². The highest BCUT2D eigenvalue weighted by molar-refractivity contribution is 5.65. The third-order valence-corrected chi connectivity index (χ3v) is 4.11. The normalized spacial score (nSPS) is 10.7. The molecule has 0 aliphatic carbocycles. The van der Waals surface area contributed by atoms with Gasteiger partial charge >= 0.3 is 6.01 Å². The van der Waals surface area contributed by atoms with Crippen molar-refractivity contribution in [1.82, 2.24) is 15.0 Å². The third-order valence-electron chi connectivity index (χ3n) is 4.11. The zero-order valence-corrected chi connectivity index (χ0v) is 15.8. The first-order valence-corrected chi connectivity index (χ1v) is 8.88. The zero-order valence-electron chi connectivity index (χ0n) is 15.8. The number of ether oxygens (including phenoxy) is 2. The van der Waals surface area contributed by atoms with Crippen LogP contribution in [0.4, 0.5) is 0 Å². The highest BCUT2D eigenvalue weighted by atomic mass is 16.5. The van der Waals surface area contributed by atoms with Gasteiger partial charge in [-0.3, -0.25) is 0 Å². The Morgan fingerprint density at radius 3 is 2.37 bits per heavy atom. The molecule has 1 N–H and O–H groups in total. The molecule has 2 aromatic carbocycles. The quantitative estimate of drug-likeness (QED) is 0.686. The van der Waals surface area contributed by atoms with E-state index in [1.807, 2.05) is 49.4 Å². The molecule has 0 fully saturated rings. The van der Waals surface area contributed by atoms with Crippen LogP contribution in [-0.4, -0.2) is 33.8 Å². The average molecular weight is 365 g/mol. The van der Waals surface area contributed by atoms with Crippen LogP contribution < -0.4 is 9.47 Å². The summed E-state index contributed by atoms with van der Waals surface area (Å²) in [5, 5.41) is 9.43. The third kappa shape index (κ3) is 4.41. The smallest absolute Gasteiger partial charge is 0.320 e. The summed E-state index contributed by atoms with van der Waals surface area (Å²) in [6.45, 7) is 4.69. The molecule has 6 heteroatoms. The van der Waals surface area contributed by atoms with E-state index in [-0.39, 0.29) is 12.6 Å². The Hall–Kier alpha value is -2.99. The van der Waals surface area contributed by atoms with Crippen molar-refractivity contribution < 1.29 is 14.6 Å². The van der Waals surface area contributed by atoms with Gasteiger partial charge in [-0.25, -0.2) is 4.98 Å². The summed E-state index contributed by atoms with van der Waals surface area (Å²) in [6.07, 6.45) is 0.960. The number of aliphatic hydroxyl groups is 1. The second-order valence-electron chi connectivity index (χ2n) is 6.15. The first kappa shape index (κ1) is 18.8. The fraction of sp³-hybridized carbons (Fsp3) is 0.286. The lowest BCUT2D eigenvalue weighted by Crippen LogP contribution is -2.02. The molecule has 0 bridgehead atoms. The number of methoxy groups -OCH3 is 1. The number of aryl methyl sites for hydroxylation is 1. The topological polar surface area (TPSA) is 77.4 Å². The van der Waals surface area contributed by atoms with Gasteiger partial charge in [-0.05, 0) is 54.8 Å². The van der Waals surface area contributed by atoms with E-state index in [0.29, 0.717) is 18.3 Å². The van der Waals surface area contributed by atoms with Gasteiger partial charge in [-0.15, -0.1) is 0 Å². The molecular weight excluding hydrogens is 342 g/mol. The number of nitrogens with zero attached hydrogens (tertiary/aromatic N) is 3. The molecule has 3 aromatic rings. The van der Waals surface area contributed by atoms with E-state index < -0.39 is 0 Å². The fourth-order valence-electron chi connectivity index (χ4n) is 2.63. The Morgan fingerprint density at radius 2 is 1.70 bits per heavy atom. The molecule has 0 spiro atoms. The maximum Gasteiger partial charge on any atom is 0.320 e. The summed E-state index contributed by atoms with van der Waals surface area (Å²) >= 11 is 0. The molecule has 0 aliphatic heterocycles. The van der Waals surface area contributed by atoms with Crippen molar-refractivity contribution in [2.24, 2.45) is 0 Å². The van der Waals surface area contributed by atoms with Gasteiger partial charge in [0.25, 0.3) is 0 Å². The largest absolute Gasteiger partial charge is 0.494 e. The molecule has 0 atom stereocenters. The Bertz CT molecular complexity index is 911. The standard InChI is InChI=1S/C21H23N3O3/c1-4-11-27-17-9-7-16(8-10-17)19-22-20(24-21(23-19)26-3)18-12-15(13-25)6-5-14(18)2/h5-10,12,25H,4,11,13H2,1-3H3. The second-order valence-corrected chi connectivity index (χ2v) is 6.15. The molecule has 0 aliphatic rings. The monoisotopic (exact) mass is 365 g/mol. The minimum atomic E-state index is -0.0401. The van der Waals surface area contributed by atoms with Crippen molar-refractivity contribution in [2.45, 2.75) is 26.9 Å². The van der Waals surface area contributed by atoms with Crippen molar-refractivity contribution in [3.05, 3.63) is 53.6 Å². The van der Waals surface area contributed by atoms with Crippen LogP contribution in [0.1, 0.15) is 24.5 Å². The Labute approximate surface area is 158 Å². The molecule has 6 nitrogen and oxygen atoms in total. The number of rotatable bonds is 7. The van der Waals surface area contributed by atoms with Crippen molar-refractivity contribution in [2.75, 3.05) is 13.7 Å². The SMILES string of the molecule is CCCOc1ccc(-c2nc(OC)nc(-c3cc(CO)ccc3C)n2)cc1. The maximum atomic E-state index is 9.43. The molecule has 0 amide bonds. The molecular formula is C21H23N3O3. The lowest BCUT2D eigenvalue weighted by atomic mass is 10.0. The second kappa shape index (κ2) is 8.60. The molecule has 3 rings (SSSR count). The summed E-state index contributed by atoms with van der Waals surface area (Å²) in [7, 11) is 1.53. The van der Waals surface area contributed by atoms with Crippen molar-refractivity contribution in [3.8, 4) is 34.5 Å². The summed E-state index contributed by atoms with van der Waals surface area (Å²) in [4.78, 5) is 13.4. The first-order valence-electron chi connectivity index (χ1n) is 8.88. The molecule has 0 radical (unpaired) electrons. The highest BCUT2D eigenvalue weighted by Crippen LogP contribution is 2.26. The fourth-order valence-corrected chi connectivity index (χ4v) is 2.63. The van der Waals surface area contributed by atoms with Crippen LogP contribution in [0, 0.1) is 6.92 Å². The Balaban J connectivity index is 2.01. The van der Waals surface area contributed by atoms with Crippen molar-refractivity contribution in [3.63, 3.8) is 0 Å². The molecule has 1 heterocycles. The van der Waals surface area contributed by atoms with Crippen LogP contribution in [-0.2, 0) is 6.61 Å². The molecule has 1 aromatic heterocycles. The van der Waals surface area contributed by atoms with Crippen LogP contribution in [0.3, 0.4) is 0 Å². The Morgan fingerprint density at radius 1 is 0.963 bits per heavy atom. The van der Waals surface area contributed by atoms with Gasteiger partial charge in [-0.2, -0.15) is 9.97 Å². The van der Waals surface area contributed by atoms with Gasteiger partial charge in [0.1, 0.15) is 5.75 Å². The minimum absolute atomic E-state index is 0.0401. The van der Waals surface area contributed by atoms with E-state index in [2.05, 4.69) is 21.9 Å². The van der Waals surface area contributed by atoms with Gasteiger partial charge in [-0.1, -0.05) is 19.1 Å². The Kier molecular flexibility index (Phi) is 5.98. The van der Waals surface area contributed by atoms with Gasteiger partial charge < -0.3 is 14.6 Å². The molecule has 0 saturated carbocycles. The number of hydrogen-bond donors (Lipinski definition) is 1. The maximum absolute atomic E-state index is 9.43. The highest BCUT2D eigenvalue weighted by Gasteiger charge is 2.13. The summed E-state index contributed by atoms with van der Waals surface area (Å²) in [6, 6.07) is 13.6.